The Morgan fingerprint density at radius 1 is 1.44 bits per heavy atom. The number of allylic oxidation sites excluding steroid dienone is 1. The van der Waals surface area contributed by atoms with Crippen molar-refractivity contribution >= 4 is 11.8 Å². The average molecular weight is 148 g/mol. The van der Waals surface area contributed by atoms with Crippen LogP contribution in [0.5, 0.6) is 0 Å². The van der Waals surface area contributed by atoms with Gasteiger partial charge in [-0.1, -0.05) is 23.9 Å². The van der Waals surface area contributed by atoms with Gasteiger partial charge in [0.2, 0.25) is 0 Å². The number of hydrogen-bond acceptors (Lipinski definition) is 1. The molecule has 0 radical (unpaired) electrons. The third kappa shape index (κ3) is 0.707. The predicted molar refractivity (Wildman–Crippen MR) is 33.6 cm³/mol. The molecule has 0 aromatic heterocycles. The second-order valence-corrected chi connectivity index (χ2v) is 3.83. The van der Waals surface area contributed by atoms with Gasteiger partial charge in [0.1, 0.15) is 0 Å². The summed E-state index contributed by atoms with van der Waals surface area (Å²) in [6.07, 6.45) is 4.17. The Morgan fingerprint density at radius 3 is 2.44 bits per heavy atom. The first-order chi connectivity index (χ1) is 4.18. The van der Waals surface area contributed by atoms with Crippen molar-refractivity contribution in [1.82, 2.24) is 0 Å². The maximum absolute atomic E-state index is 12.6. The van der Waals surface area contributed by atoms with Gasteiger partial charge in [0.05, 0.1) is 5.92 Å². The molecule has 2 bridgehead atoms. The van der Waals surface area contributed by atoms with E-state index in [-0.39, 0.29) is 5.25 Å². The summed E-state index contributed by atoms with van der Waals surface area (Å²) in [6.45, 7) is 0. The van der Waals surface area contributed by atoms with Crippen LogP contribution >= 0.6 is 11.8 Å². The number of halogens is 2. The molecule has 0 saturated carbocycles. The molecule has 1 aliphatic heterocycles. The fourth-order valence-corrected chi connectivity index (χ4v) is 2.52. The van der Waals surface area contributed by atoms with E-state index in [1.165, 1.54) is 0 Å². The molecule has 1 fully saturated rings. The van der Waals surface area contributed by atoms with E-state index >= 15 is 0 Å². The third-order valence-corrected chi connectivity index (χ3v) is 3.05. The van der Waals surface area contributed by atoms with E-state index in [0.29, 0.717) is 6.42 Å². The van der Waals surface area contributed by atoms with Crippen LogP contribution < -0.4 is 0 Å². The number of hydrogen-bond donors (Lipinski definition) is 0. The molecule has 2 aliphatic rings. The summed E-state index contributed by atoms with van der Waals surface area (Å²) in [5.74, 6) is -0.465. The van der Waals surface area contributed by atoms with Crippen molar-refractivity contribution in [2.24, 2.45) is 5.92 Å². The molecule has 1 saturated heterocycles. The average Bonchev–Trinajstić information content (AvgIpc) is 2.19. The molecule has 3 heteroatoms. The molecule has 1 heterocycles. The van der Waals surface area contributed by atoms with Gasteiger partial charge in [-0.15, -0.1) is 0 Å². The van der Waals surface area contributed by atoms with Gasteiger partial charge in [-0.25, -0.2) is 0 Å². The van der Waals surface area contributed by atoms with Gasteiger partial charge in [-0.3, -0.25) is 0 Å². The standard InChI is InChI=1S/C6H6F2S/c7-6(8)4-1-2-5(3-4)9-6/h1-2,4-5H,3H2. The molecular formula is C6H6F2S. The van der Waals surface area contributed by atoms with Gasteiger partial charge < -0.3 is 0 Å². The molecule has 2 unspecified atom stereocenters. The summed E-state index contributed by atoms with van der Waals surface area (Å²) in [7, 11) is 0. The lowest BCUT2D eigenvalue weighted by molar-refractivity contribution is 0.0686. The van der Waals surface area contributed by atoms with Crippen molar-refractivity contribution in [2.45, 2.75) is 16.9 Å². The zero-order chi connectivity index (χ0) is 6.48. The summed E-state index contributed by atoms with van der Waals surface area (Å²) >= 11 is 0.797. The topological polar surface area (TPSA) is 0 Å². The fraction of sp³-hybridized carbons (Fsp3) is 0.667. The van der Waals surface area contributed by atoms with Gasteiger partial charge in [0.25, 0.3) is 0 Å². The first-order valence-corrected chi connectivity index (χ1v) is 3.80. The van der Waals surface area contributed by atoms with Gasteiger partial charge >= 0.3 is 5.25 Å². The van der Waals surface area contributed by atoms with Gasteiger partial charge in [0, 0.05) is 5.25 Å². The van der Waals surface area contributed by atoms with E-state index in [2.05, 4.69) is 0 Å². The van der Waals surface area contributed by atoms with E-state index in [1.54, 1.807) is 6.08 Å². The smallest absolute Gasteiger partial charge is 0.194 e. The van der Waals surface area contributed by atoms with Crippen LogP contribution in [0.4, 0.5) is 8.78 Å². The van der Waals surface area contributed by atoms with Crippen molar-refractivity contribution in [3.05, 3.63) is 12.2 Å². The minimum atomic E-state index is -2.46. The van der Waals surface area contributed by atoms with Crippen molar-refractivity contribution in [2.75, 3.05) is 0 Å². The van der Waals surface area contributed by atoms with E-state index in [9.17, 15) is 8.78 Å². The molecule has 50 valence electrons. The van der Waals surface area contributed by atoms with E-state index in [0.717, 1.165) is 11.8 Å². The van der Waals surface area contributed by atoms with Crippen molar-refractivity contribution in [3.63, 3.8) is 0 Å². The molecule has 0 spiro atoms. The first kappa shape index (κ1) is 5.71. The Labute approximate surface area is 56.3 Å². The van der Waals surface area contributed by atoms with Gasteiger partial charge in [-0.2, -0.15) is 8.78 Å². The molecule has 9 heavy (non-hydrogen) atoms. The second kappa shape index (κ2) is 1.51. The highest BCUT2D eigenvalue weighted by Crippen LogP contribution is 2.54. The minimum Gasteiger partial charge on any atom is -0.194 e. The van der Waals surface area contributed by atoms with Crippen LogP contribution in [0.2, 0.25) is 0 Å². The maximum atomic E-state index is 12.6. The summed E-state index contributed by atoms with van der Waals surface area (Å²) in [5.41, 5.74) is 0. The van der Waals surface area contributed by atoms with E-state index in [4.69, 9.17) is 0 Å². The molecule has 0 nitrogen and oxygen atoms in total. The lowest BCUT2D eigenvalue weighted by Gasteiger charge is -2.15. The summed E-state index contributed by atoms with van der Waals surface area (Å²) in [5, 5.41) is -2.36. The highest BCUT2D eigenvalue weighted by Gasteiger charge is 2.50. The van der Waals surface area contributed by atoms with Crippen LogP contribution in [0, 0.1) is 5.92 Å². The molecule has 1 aliphatic carbocycles. The van der Waals surface area contributed by atoms with Crippen molar-refractivity contribution in [3.8, 4) is 0 Å². The fourth-order valence-electron chi connectivity index (χ4n) is 1.29. The second-order valence-electron chi connectivity index (χ2n) is 2.45. The van der Waals surface area contributed by atoms with Crippen LogP contribution in [-0.2, 0) is 0 Å². The summed E-state index contributed by atoms with van der Waals surface area (Å²) in [6, 6.07) is 0. The Kier molecular flexibility index (Phi) is 0.958. The lowest BCUT2D eigenvalue weighted by Crippen LogP contribution is -2.16. The molecule has 2 atom stereocenters. The summed E-state index contributed by atoms with van der Waals surface area (Å²) in [4.78, 5) is 0. The molecular weight excluding hydrogens is 142 g/mol. The molecule has 0 N–H and O–H groups in total. The van der Waals surface area contributed by atoms with Crippen LogP contribution in [0.15, 0.2) is 12.2 Å². The van der Waals surface area contributed by atoms with Crippen LogP contribution in [0.3, 0.4) is 0 Å². The van der Waals surface area contributed by atoms with Crippen LogP contribution in [-0.4, -0.2) is 10.5 Å². The number of rotatable bonds is 0. The Bertz CT molecular complexity index is 164. The number of fused-ring (bicyclic) bond motifs is 2. The van der Waals surface area contributed by atoms with E-state index < -0.39 is 11.2 Å². The van der Waals surface area contributed by atoms with E-state index in [1.807, 2.05) is 6.08 Å². The number of thioether (sulfide) groups is 1. The monoisotopic (exact) mass is 148 g/mol. The van der Waals surface area contributed by atoms with Crippen molar-refractivity contribution < 1.29 is 8.78 Å². The lowest BCUT2D eigenvalue weighted by atomic mass is 10.1. The predicted octanol–water partition coefficient (Wildman–Crippen LogP) is 2.27. The molecule has 0 aromatic rings. The third-order valence-electron chi connectivity index (χ3n) is 1.78. The Hall–Kier alpha value is -0.0500. The largest absolute Gasteiger partial charge is 0.300 e. The SMILES string of the molecule is FC1(F)SC2C=CC1C2. The van der Waals surface area contributed by atoms with Gasteiger partial charge in [0.15, 0.2) is 0 Å². The Balaban J connectivity index is 2.29. The molecule has 0 amide bonds. The van der Waals surface area contributed by atoms with Crippen LogP contribution in [0.1, 0.15) is 6.42 Å². The zero-order valence-electron chi connectivity index (χ0n) is 4.68. The molecule has 2 rings (SSSR count). The van der Waals surface area contributed by atoms with Gasteiger partial charge in [-0.05, 0) is 6.42 Å². The minimum absolute atomic E-state index is 0.102. The molecule has 0 aromatic carbocycles. The number of alkyl halides is 2. The highest BCUT2D eigenvalue weighted by atomic mass is 32.2. The first-order valence-electron chi connectivity index (χ1n) is 2.92. The quantitative estimate of drug-likeness (QED) is 0.475. The normalized spacial score (nSPS) is 44.2. The summed E-state index contributed by atoms with van der Waals surface area (Å²) < 4.78 is 25.1. The highest BCUT2D eigenvalue weighted by molar-refractivity contribution is 8.01. The van der Waals surface area contributed by atoms with Crippen LogP contribution in [0.25, 0.3) is 0 Å². The maximum Gasteiger partial charge on any atom is 0.300 e. The Morgan fingerprint density at radius 2 is 2.22 bits per heavy atom. The van der Waals surface area contributed by atoms with Crippen molar-refractivity contribution in [1.29, 1.82) is 0 Å². The zero-order valence-corrected chi connectivity index (χ0v) is 5.50.